The van der Waals surface area contributed by atoms with E-state index in [-0.39, 0.29) is 34.2 Å². The summed E-state index contributed by atoms with van der Waals surface area (Å²) in [7, 11) is -3.90. The largest absolute Gasteiger partial charge is 0.352 e. The molecule has 198 valence electrons. The first-order valence-corrected chi connectivity index (χ1v) is 14.6. The number of rotatable bonds is 11. The maximum absolute atomic E-state index is 13.7. The van der Waals surface area contributed by atoms with Gasteiger partial charge in [0.15, 0.2) is 0 Å². The first-order chi connectivity index (χ1) is 16.8. The third-order valence-electron chi connectivity index (χ3n) is 5.61. The molecule has 2 amide bonds. The second-order valence-electron chi connectivity index (χ2n) is 8.37. The van der Waals surface area contributed by atoms with Gasteiger partial charge in [0.1, 0.15) is 12.6 Å². The lowest BCUT2D eigenvalue weighted by Crippen LogP contribution is -2.53. The zero-order valence-corrected chi connectivity index (χ0v) is 24.2. The normalized spacial score (nSPS) is 13.1. The molecule has 0 saturated carbocycles. The van der Waals surface area contributed by atoms with E-state index in [0.717, 1.165) is 10.6 Å². The summed E-state index contributed by atoms with van der Waals surface area (Å²) < 4.78 is 26.2. The van der Waals surface area contributed by atoms with Crippen molar-refractivity contribution >= 4 is 73.9 Å². The molecule has 0 spiro atoms. The molecule has 36 heavy (non-hydrogen) atoms. The predicted molar refractivity (Wildman–Crippen MR) is 148 cm³/mol. The lowest BCUT2D eigenvalue weighted by Gasteiger charge is -2.33. The molecular weight excluding hydrogens is 568 g/mol. The number of carbonyl (C=O) groups excluding carboxylic acids is 2. The lowest BCUT2D eigenvalue weighted by molar-refractivity contribution is -0.140. The number of carbonyl (C=O) groups is 2. The van der Waals surface area contributed by atoms with Gasteiger partial charge in [-0.1, -0.05) is 66.3 Å². The molecule has 0 fully saturated rings. The number of anilines is 1. The Balaban J connectivity index is 2.50. The minimum Gasteiger partial charge on any atom is -0.352 e. The fourth-order valence-corrected chi connectivity index (χ4v) is 5.05. The van der Waals surface area contributed by atoms with Crippen LogP contribution in [0, 0.1) is 0 Å². The van der Waals surface area contributed by atoms with Gasteiger partial charge in [-0.3, -0.25) is 13.9 Å². The van der Waals surface area contributed by atoms with Crippen LogP contribution in [0.2, 0.25) is 20.1 Å². The Bertz CT molecular complexity index is 1210. The summed E-state index contributed by atoms with van der Waals surface area (Å²) in [4.78, 5) is 28.1. The first kappa shape index (κ1) is 30.5. The molecule has 7 nitrogen and oxygen atoms in total. The van der Waals surface area contributed by atoms with Crippen molar-refractivity contribution in [3.05, 3.63) is 62.1 Å². The molecule has 2 rings (SSSR count). The Hall–Kier alpha value is -1.71. The van der Waals surface area contributed by atoms with Crippen molar-refractivity contribution in [1.82, 2.24) is 10.2 Å². The van der Waals surface area contributed by atoms with E-state index in [2.05, 4.69) is 5.32 Å². The highest BCUT2D eigenvalue weighted by molar-refractivity contribution is 7.92. The number of benzene rings is 2. The molecule has 0 aromatic heterocycles. The zero-order chi connectivity index (χ0) is 27.2. The van der Waals surface area contributed by atoms with Gasteiger partial charge >= 0.3 is 0 Å². The molecule has 12 heteroatoms. The second-order valence-corrected chi connectivity index (χ2v) is 11.9. The molecule has 0 heterocycles. The van der Waals surface area contributed by atoms with Crippen LogP contribution in [0.3, 0.4) is 0 Å². The second kappa shape index (κ2) is 13.2. The van der Waals surface area contributed by atoms with Gasteiger partial charge in [0, 0.05) is 22.6 Å². The van der Waals surface area contributed by atoms with E-state index in [9.17, 15) is 18.0 Å². The molecule has 2 aromatic carbocycles. The van der Waals surface area contributed by atoms with Crippen molar-refractivity contribution in [2.45, 2.75) is 52.2 Å². The summed E-state index contributed by atoms with van der Waals surface area (Å²) in [6.07, 6.45) is 1.99. The Labute approximate surface area is 232 Å². The van der Waals surface area contributed by atoms with Crippen LogP contribution in [0.4, 0.5) is 5.69 Å². The van der Waals surface area contributed by atoms with Gasteiger partial charge < -0.3 is 10.2 Å². The highest BCUT2D eigenvalue weighted by Crippen LogP contribution is 2.29. The van der Waals surface area contributed by atoms with Gasteiger partial charge in [0.25, 0.3) is 0 Å². The van der Waals surface area contributed by atoms with Crippen molar-refractivity contribution in [3.63, 3.8) is 0 Å². The van der Waals surface area contributed by atoms with Gasteiger partial charge in [-0.05, 0) is 55.7 Å². The maximum Gasteiger partial charge on any atom is 0.244 e. The summed E-state index contributed by atoms with van der Waals surface area (Å²) in [5.41, 5.74) is 0.728. The fourth-order valence-electron chi connectivity index (χ4n) is 3.45. The molecule has 1 N–H and O–H groups in total. The number of hydrogen-bond donors (Lipinski definition) is 1. The van der Waals surface area contributed by atoms with Crippen molar-refractivity contribution in [2.75, 3.05) is 17.1 Å². The summed E-state index contributed by atoms with van der Waals surface area (Å²) in [5.74, 6) is -0.936. The van der Waals surface area contributed by atoms with Crippen LogP contribution in [-0.2, 0) is 26.2 Å². The molecular formula is C24H29Cl4N3O4S. The summed E-state index contributed by atoms with van der Waals surface area (Å²) in [6, 6.07) is 8.13. The maximum atomic E-state index is 13.7. The van der Waals surface area contributed by atoms with E-state index < -0.39 is 28.5 Å². The van der Waals surface area contributed by atoms with Gasteiger partial charge in [0.2, 0.25) is 21.8 Å². The number of halogens is 4. The van der Waals surface area contributed by atoms with E-state index in [4.69, 9.17) is 46.4 Å². The minimum atomic E-state index is -3.90. The van der Waals surface area contributed by atoms with Crippen molar-refractivity contribution in [2.24, 2.45) is 0 Å². The van der Waals surface area contributed by atoms with Gasteiger partial charge in [-0.15, -0.1) is 0 Å². The van der Waals surface area contributed by atoms with Crippen LogP contribution in [0.25, 0.3) is 0 Å². The van der Waals surface area contributed by atoms with Crippen LogP contribution in [0.15, 0.2) is 36.4 Å². The SMILES string of the molecule is CC[C@@H](C)NC(=O)[C@@H](CC)N(Cc1ccc(Cl)cc1Cl)C(=O)CN(c1ccc(Cl)c(Cl)c1)S(C)(=O)=O. The smallest absolute Gasteiger partial charge is 0.244 e. The van der Waals surface area contributed by atoms with Crippen LogP contribution < -0.4 is 9.62 Å². The quantitative estimate of drug-likeness (QED) is 0.356. The number of nitrogens with one attached hydrogen (secondary N) is 1. The number of sulfonamides is 1. The van der Waals surface area contributed by atoms with Gasteiger partial charge in [-0.25, -0.2) is 8.42 Å². The Morgan fingerprint density at radius 2 is 1.61 bits per heavy atom. The van der Waals surface area contributed by atoms with Crippen LogP contribution >= 0.6 is 46.4 Å². The molecule has 0 aliphatic rings. The molecule has 0 aliphatic heterocycles. The summed E-state index contributed by atoms with van der Waals surface area (Å²) >= 11 is 24.5. The first-order valence-electron chi connectivity index (χ1n) is 11.2. The zero-order valence-electron chi connectivity index (χ0n) is 20.4. The van der Waals surface area contributed by atoms with E-state index >= 15 is 0 Å². The van der Waals surface area contributed by atoms with Crippen LogP contribution in [0.1, 0.15) is 39.2 Å². The number of hydrogen-bond acceptors (Lipinski definition) is 4. The molecule has 0 aliphatic carbocycles. The molecule has 0 radical (unpaired) electrons. The Morgan fingerprint density at radius 3 is 2.14 bits per heavy atom. The lowest BCUT2D eigenvalue weighted by atomic mass is 10.1. The summed E-state index contributed by atoms with van der Waals surface area (Å²) in [5, 5.41) is 4.03. The Morgan fingerprint density at radius 1 is 0.944 bits per heavy atom. The average molecular weight is 597 g/mol. The van der Waals surface area contributed by atoms with Crippen LogP contribution in [-0.4, -0.2) is 50.0 Å². The molecule has 0 bridgehead atoms. The summed E-state index contributed by atoms with van der Waals surface area (Å²) in [6.45, 7) is 4.99. The minimum absolute atomic E-state index is 0.0275. The standard InChI is InChI=1S/C24H29Cl4N3O4S/c1-5-15(3)29-24(33)22(6-2)30(13-16-7-8-17(25)11-20(16)27)23(32)14-31(36(4,34)35)18-9-10-19(26)21(28)12-18/h7-12,15,22H,5-6,13-14H2,1-4H3,(H,29,33)/t15-,22-/m1/s1. The average Bonchev–Trinajstić information content (AvgIpc) is 2.79. The van der Waals surface area contributed by atoms with Gasteiger partial charge in [-0.2, -0.15) is 0 Å². The van der Waals surface area contributed by atoms with E-state index in [1.807, 2.05) is 13.8 Å². The number of nitrogens with zero attached hydrogens (tertiary/aromatic N) is 2. The van der Waals surface area contributed by atoms with Crippen molar-refractivity contribution in [3.8, 4) is 0 Å². The van der Waals surface area contributed by atoms with Crippen LogP contribution in [0.5, 0.6) is 0 Å². The van der Waals surface area contributed by atoms with E-state index in [0.29, 0.717) is 28.5 Å². The molecule has 0 unspecified atom stereocenters. The Kier molecular flexibility index (Phi) is 11.2. The molecule has 2 aromatic rings. The monoisotopic (exact) mass is 595 g/mol. The van der Waals surface area contributed by atoms with E-state index in [1.165, 1.54) is 23.1 Å². The van der Waals surface area contributed by atoms with E-state index in [1.54, 1.807) is 25.1 Å². The third-order valence-corrected chi connectivity index (χ3v) is 8.08. The topological polar surface area (TPSA) is 86.8 Å². The highest BCUT2D eigenvalue weighted by Gasteiger charge is 2.32. The third kappa shape index (κ3) is 8.15. The molecule has 0 saturated heterocycles. The highest BCUT2D eigenvalue weighted by atomic mass is 35.5. The predicted octanol–water partition coefficient (Wildman–Crippen LogP) is 5.79. The van der Waals surface area contributed by atoms with Gasteiger partial charge in [0.05, 0.1) is 22.0 Å². The number of amides is 2. The van der Waals surface area contributed by atoms with Crippen molar-refractivity contribution < 1.29 is 18.0 Å². The van der Waals surface area contributed by atoms with Crippen molar-refractivity contribution in [1.29, 1.82) is 0 Å². The fraction of sp³-hybridized carbons (Fsp3) is 0.417. The molecule has 2 atom stereocenters.